The monoisotopic (exact) mass is 250 g/mol. The van der Waals surface area contributed by atoms with E-state index in [1.807, 2.05) is 19.1 Å². The Hall–Kier alpha value is -1.26. The van der Waals surface area contributed by atoms with Gasteiger partial charge in [-0.2, -0.15) is 0 Å². The number of rotatable bonds is 4. The first kappa shape index (κ1) is 13.2. The molecule has 0 amide bonds. The fraction of sp³-hybridized carbons (Fsp3) is 0.571. The molecule has 0 radical (unpaired) electrons. The molecule has 0 aliphatic carbocycles. The van der Waals surface area contributed by atoms with E-state index in [2.05, 4.69) is 17.0 Å². The summed E-state index contributed by atoms with van der Waals surface area (Å²) in [4.78, 5) is 2.28. The summed E-state index contributed by atoms with van der Waals surface area (Å²) in [6, 6.07) is 8.11. The third-order valence-electron chi connectivity index (χ3n) is 3.59. The minimum absolute atomic E-state index is 0.351. The van der Waals surface area contributed by atoms with E-state index in [0.29, 0.717) is 13.2 Å². The molecule has 1 saturated heterocycles. The Morgan fingerprint density at radius 1 is 1.28 bits per heavy atom. The first-order valence-electron chi connectivity index (χ1n) is 6.57. The van der Waals surface area contributed by atoms with Gasteiger partial charge in [0.25, 0.3) is 0 Å². The van der Waals surface area contributed by atoms with Gasteiger partial charge >= 0.3 is 0 Å². The zero-order valence-electron chi connectivity index (χ0n) is 10.9. The highest BCUT2D eigenvalue weighted by molar-refractivity contribution is 5.49. The SMILES string of the molecule is CCOc1ccc(N2CCC(O)(CN)CC2)cc1. The van der Waals surface area contributed by atoms with Crippen LogP contribution >= 0.6 is 0 Å². The van der Waals surface area contributed by atoms with Crippen molar-refractivity contribution in [2.75, 3.05) is 31.1 Å². The molecule has 0 unspecified atom stereocenters. The van der Waals surface area contributed by atoms with Crippen molar-refractivity contribution in [2.45, 2.75) is 25.4 Å². The summed E-state index contributed by atoms with van der Waals surface area (Å²) >= 11 is 0. The van der Waals surface area contributed by atoms with Gasteiger partial charge in [-0.3, -0.25) is 0 Å². The largest absolute Gasteiger partial charge is 0.494 e. The fourth-order valence-corrected chi connectivity index (χ4v) is 2.31. The predicted molar refractivity (Wildman–Crippen MR) is 73.1 cm³/mol. The van der Waals surface area contributed by atoms with Crippen molar-refractivity contribution < 1.29 is 9.84 Å². The minimum Gasteiger partial charge on any atom is -0.494 e. The molecule has 0 atom stereocenters. The lowest BCUT2D eigenvalue weighted by Crippen LogP contribution is -2.48. The summed E-state index contributed by atoms with van der Waals surface area (Å²) < 4.78 is 5.42. The second-order valence-electron chi connectivity index (χ2n) is 4.84. The number of hydrogen-bond donors (Lipinski definition) is 2. The molecule has 0 bridgehead atoms. The fourth-order valence-electron chi connectivity index (χ4n) is 2.31. The van der Waals surface area contributed by atoms with Crippen molar-refractivity contribution >= 4 is 5.69 Å². The zero-order chi connectivity index (χ0) is 13.0. The van der Waals surface area contributed by atoms with E-state index in [0.717, 1.165) is 31.7 Å². The molecule has 4 nitrogen and oxygen atoms in total. The smallest absolute Gasteiger partial charge is 0.119 e. The van der Waals surface area contributed by atoms with Gasteiger partial charge in [0.15, 0.2) is 0 Å². The minimum atomic E-state index is -0.665. The maximum atomic E-state index is 10.1. The summed E-state index contributed by atoms with van der Waals surface area (Å²) in [7, 11) is 0. The summed E-state index contributed by atoms with van der Waals surface area (Å²) in [5, 5.41) is 10.1. The van der Waals surface area contributed by atoms with Gasteiger partial charge in [0.1, 0.15) is 5.75 Å². The van der Waals surface area contributed by atoms with Crippen LogP contribution in [0.3, 0.4) is 0 Å². The van der Waals surface area contributed by atoms with E-state index in [1.165, 1.54) is 5.69 Å². The first-order valence-corrected chi connectivity index (χ1v) is 6.57. The van der Waals surface area contributed by atoms with Gasteiger partial charge in [-0.05, 0) is 44.0 Å². The summed E-state index contributed by atoms with van der Waals surface area (Å²) in [5.74, 6) is 0.900. The second-order valence-corrected chi connectivity index (χ2v) is 4.84. The van der Waals surface area contributed by atoms with Crippen LogP contribution in [0.15, 0.2) is 24.3 Å². The van der Waals surface area contributed by atoms with Gasteiger partial charge in [-0.15, -0.1) is 0 Å². The number of nitrogens with two attached hydrogens (primary N) is 1. The lowest BCUT2D eigenvalue weighted by Gasteiger charge is -2.38. The molecule has 2 rings (SSSR count). The Labute approximate surface area is 108 Å². The number of benzene rings is 1. The van der Waals surface area contributed by atoms with Crippen LogP contribution in [0.5, 0.6) is 5.75 Å². The van der Waals surface area contributed by atoms with Crippen LogP contribution in [-0.2, 0) is 0 Å². The number of nitrogens with zero attached hydrogens (tertiary/aromatic N) is 1. The van der Waals surface area contributed by atoms with Crippen LogP contribution in [0.25, 0.3) is 0 Å². The Morgan fingerprint density at radius 3 is 2.39 bits per heavy atom. The first-order chi connectivity index (χ1) is 8.67. The Balaban J connectivity index is 1.97. The number of piperidine rings is 1. The lowest BCUT2D eigenvalue weighted by atomic mass is 9.91. The number of aliphatic hydroxyl groups is 1. The van der Waals surface area contributed by atoms with Crippen LogP contribution < -0.4 is 15.4 Å². The summed E-state index contributed by atoms with van der Waals surface area (Å²) in [5.41, 5.74) is 6.10. The average molecular weight is 250 g/mol. The van der Waals surface area contributed by atoms with E-state index in [9.17, 15) is 5.11 Å². The average Bonchev–Trinajstić information content (AvgIpc) is 2.41. The van der Waals surface area contributed by atoms with Crippen LogP contribution in [0.1, 0.15) is 19.8 Å². The topological polar surface area (TPSA) is 58.7 Å². The van der Waals surface area contributed by atoms with Crippen LogP contribution in [-0.4, -0.2) is 36.9 Å². The number of anilines is 1. The van der Waals surface area contributed by atoms with E-state index in [-0.39, 0.29) is 0 Å². The number of hydrogen-bond acceptors (Lipinski definition) is 4. The van der Waals surface area contributed by atoms with Gasteiger partial charge in [0.2, 0.25) is 0 Å². The molecular weight excluding hydrogens is 228 g/mol. The highest BCUT2D eigenvalue weighted by atomic mass is 16.5. The molecule has 0 aromatic heterocycles. The molecule has 0 saturated carbocycles. The molecule has 1 fully saturated rings. The summed E-state index contributed by atoms with van der Waals surface area (Å²) in [6.45, 7) is 4.71. The van der Waals surface area contributed by atoms with Gasteiger partial charge < -0.3 is 20.5 Å². The van der Waals surface area contributed by atoms with Gasteiger partial charge in [-0.25, -0.2) is 0 Å². The van der Waals surface area contributed by atoms with E-state index in [4.69, 9.17) is 10.5 Å². The Morgan fingerprint density at radius 2 is 1.89 bits per heavy atom. The molecule has 100 valence electrons. The van der Waals surface area contributed by atoms with Crippen molar-refractivity contribution in [2.24, 2.45) is 5.73 Å². The molecule has 0 spiro atoms. The number of ether oxygens (including phenoxy) is 1. The molecule has 1 aromatic carbocycles. The highest BCUT2D eigenvalue weighted by Crippen LogP contribution is 2.26. The molecule has 3 N–H and O–H groups in total. The van der Waals surface area contributed by atoms with Gasteiger partial charge in [0.05, 0.1) is 12.2 Å². The van der Waals surface area contributed by atoms with Crippen LogP contribution in [0.4, 0.5) is 5.69 Å². The maximum absolute atomic E-state index is 10.1. The van der Waals surface area contributed by atoms with E-state index >= 15 is 0 Å². The molecule has 1 aliphatic rings. The van der Waals surface area contributed by atoms with Crippen molar-refractivity contribution in [3.05, 3.63) is 24.3 Å². The molecule has 18 heavy (non-hydrogen) atoms. The second kappa shape index (κ2) is 5.59. The lowest BCUT2D eigenvalue weighted by molar-refractivity contribution is 0.0250. The third-order valence-corrected chi connectivity index (χ3v) is 3.59. The standard InChI is InChI=1S/C14H22N2O2/c1-2-18-13-5-3-12(4-6-13)16-9-7-14(17,11-15)8-10-16/h3-6,17H,2,7-11,15H2,1H3. The molecule has 1 aromatic rings. The van der Waals surface area contributed by atoms with E-state index in [1.54, 1.807) is 0 Å². The van der Waals surface area contributed by atoms with Gasteiger partial charge in [0, 0.05) is 25.3 Å². The molecule has 1 heterocycles. The van der Waals surface area contributed by atoms with E-state index < -0.39 is 5.60 Å². The molecular formula is C14H22N2O2. The van der Waals surface area contributed by atoms with Crippen molar-refractivity contribution in [3.8, 4) is 5.75 Å². The zero-order valence-corrected chi connectivity index (χ0v) is 10.9. The highest BCUT2D eigenvalue weighted by Gasteiger charge is 2.30. The van der Waals surface area contributed by atoms with Crippen LogP contribution in [0, 0.1) is 0 Å². The van der Waals surface area contributed by atoms with Crippen molar-refractivity contribution in [1.82, 2.24) is 0 Å². The predicted octanol–water partition coefficient (Wildman–Crippen LogP) is 1.38. The Bertz CT molecular complexity index is 370. The van der Waals surface area contributed by atoms with Crippen molar-refractivity contribution in [3.63, 3.8) is 0 Å². The molecule has 1 aliphatic heterocycles. The summed E-state index contributed by atoms with van der Waals surface area (Å²) in [6.07, 6.45) is 1.47. The van der Waals surface area contributed by atoms with Crippen LogP contribution in [0.2, 0.25) is 0 Å². The maximum Gasteiger partial charge on any atom is 0.119 e. The van der Waals surface area contributed by atoms with Crippen molar-refractivity contribution in [1.29, 1.82) is 0 Å². The molecule has 4 heteroatoms. The normalized spacial score (nSPS) is 18.7. The Kier molecular flexibility index (Phi) is 4.09. The third kappa shape index (κ3) is 2.94. The van der Waals surface area contributed by atoms with Gasteiger partial charge in [-0.1, -0.05) is 0 Å². The quantitative estimate of drug-likeness (QED) is 0.847.